The number of nitrogens with one attached hydrogen (secondary N) is 1. The SMILES string of the molecule is CN(CC(O)CO)C(=S)NC12CC3CC(CC(C3)C1)C2. The molecule has 1 atom stereocenters. The zero-order valence-electron chi connectivity index (χ0n) is 12.2. The van der Waals surface area contributed by atoms with Crippen LogP contribution in [0.3, 0.4) is 0 Å². The van der Waals surface area contributed by atoms with Crippen molar-refractivity contribution in [3.8, 4) is 0 Å². The van der Waals surface area contributed by atoms with E-state index in [2.05, 4.69) is 5.32 Å². The molecule has 5 heteroatoms. The second-order valence-electron chi connectivity index (χ2n) is 7.34. The average Bonchev–Trinajstić information content (AvgIpc) is 2.36. The van der Waals surface area contributed by atoms with E-state index in [9.17, 15) is 5.11 Å². The smallest absolute Gasteiger partial charge is 0.169 e. The lowest BCUT2D eigenvalue weighted by Gasteiger charge is -2.57. The van der Waals surface area contributed by atoms with Gasteiger partial charge in [0.05, 0.1) is 12.7 Å². The van der Waals surface area contributed by atoms with E-state index < -0.39 is 6.10 Å². The van der Waals surface area contributed by atoms with Crippen molar-refractivity contribution in [3.63, 3.8) is 0 Å². The summed E-state index contributed by atoms with van der Waals surface area (Å²) in [6, 6.07) is 0. The van der Waals surface area contributed by atoms with Gasteiger partial charge in [-0.3, -0.25) is 0 Å². The van der Waals surface area contributed by atoms with E-state index in [4.69, 9.17) is 17.3 Å². The summed E-state index contributed by atoms with van der Waals surface area (Å²) in [5.74, 6) is 2.68. The van der Waals surface area contributed by atoms with E-state index >= 15 is 0 Å². The first-order valence-corrected chi connectivity index (χ1v) is 8.23. The second-order valence-corrected chi connectivity index (χ2v) is 7.73. The number of nitrogens with zero attached hydrogens (tertiary/aromatic N) is 1. The molecule has 3 N–H and O–H groups in total. The highest BCUT2D eigenvalue weighted by Crippen LogP contribution is 2.55. The first kappa shape index (κ1) is 14.5. The molecule has 0 aromatic carbocycles. The van der Waals surface area contributed by atoms with Crippen molar-refractivity contribution in [2.45, 2.75) is 50.2 Å². The second kappa shape index (κ2) is 5.43. The first-order valence-electron chi connectivity index (χ1n) is 7.82. The molecule has 4 bridgehead atoms. The maximum absolute atomic E-state index is 9.53. The third-order valence-electron chi connectivity index (χ3n) is 5.45. The Morgan fingerprint density at radius 1 is 1.25 bits per heavy atom. The lowest BCUT2D eigenvalue weighted by molar-refractivity contribution is -0.0115. The van der Waals surface area contributed by atoms with E-state index in [1.54, 1.807) is 0 Å². The lowest BCUT2D eigenvalue weighted by atomic mass is 9.53. The van der Waals surface area contributed by atoms with Crippen molar-refractivity contribution in [3.05, 3.63) is 0 Å². The van der Waals surface area contributed by atoms with Gasteiger partial charge in [-0.25, -0.2) is 0 Å². The summed E-state index contributed by atoms with van der Waals surface area (Å²) in [5.41, 5.74) is 0.213. The van der Waals surface area contributed by atoms with Crippen LogP contribution in [0.2, 0.25) is 0 Å². The Kier molecular flexibility index (Phi) is 3.95. The Morgan fingerprint density at radius 2 is 1.75 bits per heavy atom. The lowest BCUT2D eigenvalue weighted by Crippen LogP contribution is -2.61. The van der Waals surface area contributed by atoms with Crippen molar-refractivity contribution < 1.29 is 10.2 Å². The van der Waals surface area contributed by atoms with Crippen molar-refractivity contribution in [1.29, 1.82) is 0 Å². The molecule has 4 aliphatic rings. The Morgan fingerprint density at radius 3 is 2.20 bits per heavy atom. The van der Waals surface area contributed by atoms with Crippen molar-refractivity contribution in [2.24, 2.45) is 17.8 Å². The van der Waals surface area contributed by atoms with Gasteiger partial charge in [0.2, 0.25) is 0 Å². The molecule has 4 saturated carbocycles. The molecule has 4 fully saturated rings. The van der Waals surface area contributed by atoms with E-state index in [1.807, 2.05) is 11.9 Å². The predicted octanol–water partition coefficient (Wildman–Crippen LogP) is 1.11. The van der Waals surface area contributed by atoms with E-state index in [-0.39, 0.29) is 12.1 Å². The molecule has 0 heterocycles. The maximum Gasteiger partial charge on any atom is 0.169 e. The minimum absolute atomic E-state index is 0.213. The number of aliphatic hydroxyl groups excluding tert-OH is 2. The van der Waals surface area contributed by atoms with Crippen LogP contribution in [0.25, 0.3) is 0 Å². The van der Waals surface area contributed by atoms with Crippen LogP contribution in [0.5, 0.6) is 0 Å². The van der Waals surface area contributed by atoms with Gasteiger partial charge < -0.3 is 20.4 Å². The van der Waals surface area contributed by atoms with Crippen LogP contribution in [-0.2, 0) is 0 Å². The molecule has 114 valence electrons. The highest BCUT2D eigenvalue weighted by atomic mass is 32.1. The topological polar surface area (TPSA) is 55.7 Å². The zero-order chi connectivity index (χ0) is 14.3. The first-order chi connectivity index (χ1) is 9.49. The fraction of sp³-hybridized carbons (Fsp3) is 0.933. The van der Waals surface area contributed by atoms with Gasteiger partial charge in [-0.1, -0.05) is 0 Å². The van der Waals surface area contributed by atoms with Gasteiger partial charge in [-0.05, 0) is 68.5 Å². The van der Waals surface area contributed by atoms with E-state index in [1.165, 1.54) is 38.5 Å². The van der Waals surface area contributed by atoms with Crippen molar-refractivity contribution in [1.82, 2.24) is 10.2 Å². The quantitative estimate of drug-likeness (QED) is 0.679. The standard InChI is InChI=1S/C15H26N2O2S/c1-17(8-13(19)9-18)14(20)16-15-5-10-2-11(6-15)4-12(3-10)7-15/h10-13,18-19H,2-9H2,1H3,(H,16,20). The van der Waals surface area contributed by atoms with Crippen LogP contribution >= 0.6 is 12.2 Å². The molecule has 0 amide bonds. The summed E-state index contributed by atoms with van der Waals surface area (Å²) in [5, 5.41) is 22.8. The largest absolute Gasteiger partial charge is 0.394 e. The minimum Gasteiger partial charge on any atom is -0.394 e. The molecule has 0 spiro atoms. The summed E-state index contributed by atoms with van der Waals surface area (Å²) >= 11 is 5.50. The van der Waals surface area contributed by atoms with Crippen LogP contribution in [0.15, 0.2) is 0 Å². The average molecular weight is 298 g/mol. The van der Waals surface area contributed by atoms with Crippen LogP contribution in [0.1, 0.15) is 38.5 Å². The van der Waals surface area contributed by atoms with Gasteiger partial charge in [0.1, 0.15) is 0 Å². The predicted molar refractivity (Wildman–Crippen MR) is 82.4 cm³/mol. The van der Waals surface area contributed by atoms with Gasteiger partial charge in [-0.15, -0.1) is 0 Å². The fourth-order valence-corrected chi connectivity index (χ4v) is 5.33. The Labute approximate surface area is 126 Å². The summed E-state index contributed by atoms with van der Waals surface area (Å²) < 4.78 is 0. The fourth-order valence-electron chi connectivity index (χ4n) is 5.04. The number of thiocarbonyl (C=S) groups is 1. The van der Waals surface area contributed by atoms with Crippen LogP contribution < -0.4 is 5.32 Å². The molecular weight excluding hydrogens is 272 g/mol. The number of aliphatic hydroxyl groups is 2. The Hall–Kier alpha value is -0.390. The van der Waals surface area contributed by atoms with Gasteiger partial charge in [-0.2, -0.15) is 0 Å². The summed E-state index contributed by atoms with van der Waals surface area (Å²) in [6.45, 7) is 0.166. The molecule has 4 nitrogen and oxygen atoms in total. The molecular formula is C15H26N2O2S. The number of rotatable bonds is 4. The molecule has 0 aromatic heterocycles. The van der Waals surface area contributed by atoms with Crippen molar-refractivity contribution in [2.75, 3.05) is 20.2 Å². The molecule has 4 aliphatic carbocycles. The molecule has 20 heavy (non-hydrogen) atoms. The Bertz CT molecular complexity index is 353. The number of hydrogen-bond donors (Lipinski definition) is 3. The minimum atomic E-state index is -0.726. The third kappa shape index (κ3) is 2.81. The third-order valence-corrected chi connectivity index (χ3v) is 5.87. The summed E-state index contributed by atoms with van der Waals surface area (Å²) in [7, 11) is 1.88. The molecule has 4 rings (SSSR count). The molecule has 0 aromatic rings. The van der Waals surface area contributed by atoms with Crippen LogP contribution in [-0.4, -0.2) is 52.1 Å². The summed E-state index contributed by atoms with van der Waals surface area (Å²) in [4.78, 5) is 1.86. The summed E-state index contributed by atoms with van der Waals surface area (Å²) in [6.07, 6.45) is 7.32. The highest BCUT2D eigenvalue weighted by Gasteiger charge is 2.51. The van der Waals surface area contributed by atoms with Crippen molar-refractivity contribution >= 4 is 17.3 Å². The molecule has 0 aliphatic heterocycles. The van der Waals surface area contributed by atoms with E-state index in [0.717, 1.165) is 22.9 Å². The van der Waals surface area contributed by atoms with Gasteiger partial charge >= 0.3 is 0 Å². The monoisotopic (exact) mass is 298 g/mol. The van der Waals surface area contributed by atoms with Gasteiger partial charge in [0, 0.05) is 19.1 Å². The number of hydrogen-bond acceptors (Lipinski definition) is 3. The highest BCUT2D eigenvalue weighted by molar-refractivity contribution is 7.80. The number of likely N-dealkylation sites (N-methyl/N-ethyl adjacent to an activating group) is 1. The molecule has 1 unspecified atom stereocenters. The molecule has 0 saturated heterocycles. The van der Waals surface area contributed by atoms with Gasteiger partial charge in [0.15, 0.2) is 5.11 Å². The normalized spacial score (nSPS) is 39.6. The van der Waals surface area contributed by atoms with Gasteiger partial charge in [0.25, 0.3) is 0 Å². The van der Waals surface area contributed by atoms with E-state index in [0.29, 0.717) is 6.54 Å². The maximum atomic E-state index is 9.53. The van der Waals surface area contributed by atoms with Crippen LogP contribution in [0, 0.1) is 17.8 Å². The zero-order valence-corrected chi connectivity index (χ0v) is 13.0. The Balaban J connectivity index is 1.61. The molecule has 0 radical (unpaired) electrons. The van der Waals surface area contributed by atoms with Crippen LogP contribution in [0.4, 0.5) is 0 Å².